The second-order valence-corrected chi connectivity index (χ2v) is 7.93. The number of benzene rings is 1. The zero-order chi connectivity index (χ0) is 23.7. The minimum Gasteiger partial charge on any atom is -0.493 e. The molecule has 2 rings (SSSR count). The summed E-state index contributed by atoms with van der Waals surface area (Å²) in [5.74, 6) is 1.34. The Morgan fingerprint density at radius 3 is 2.44 bits per heavy atom. The van der Waals surface area contributed by atoms with Crippen molar-refractivity contribution in [2.45, 2.75) is 20.0 Å². The molecule has 0 bridgehead atoms. The molecule has 0 aliphatic carbocycles. The average Bonchev–Trinajstić information content (AvgIpc) is 2.80. The third kappa shape index (κ3) is 6.53. The predicted octanol–water partition coefficient (Wildman–Crippen LogP) is 2.41. The van der Waals surface area contributed by atoms with Gasteiger partial charge in [0.1, 0.15) is 0 Å². The number of hydrogen-bond donors (Lipinski definition) is 1. The lowest BCUT2D eigenvalue weighted by Gasteiger charge is -2.36. The summed E-state index contributed by atoms with van der Waals surface area (Å²) in [4.78, 5) is 29.2. The minimum absolute atomic E-state index is 0.162. The van der Waals surface area contributed by atoms with Crippen molar-refractivity contribution >= 4 is 11.9 Å². The quantitative estimate of drug-likeness (QED) is 0.552. The molecule has 9 nitrogen and oxygen atoms in total. The number of urea groups is 1. The number of nitrogens with zero attached hydrogens (tertiary/aromatic N) is 2. The standard InChI is InChI=1S/C23H35N3O6/c1-7-8-24-23(28)25-9-10-32-18(14-25)15-26(13-16(2)3)22(27)17-11-19(29-4)21(31-6)20(12-17)30-5/h7,11-12,16,18H,1,8-10,13-15H2,2-6H3,(H,24,28)/t18-/m1/s1. The average molecular weight is 450 g/mol. The first-order valence-electron chi connectivity index (χ1n) is 10.7. The van der Waals surface area contributed by atoms with Crippen LogP contribution in [0.1, 0.15) is 24.2 Å². The minimum atomic E-state index is -0.289. The zero-order valence-corrected chi connectivity index (χ0v) is 19.7. The van der Waals surface area contributed by atoms with Gasteiger partial charge in [-0.1, -0.05) is 19.9 Å². The molecule has 0 saturated carbocycles. The maximum Gasteiger partial charge on any atom is 0.317 e. The van der Waals surface area contributed by atoms with Crippen LogP contribution in [0.3, 0.4) is 0 Å². The van der Waals surface area contributed by atoms with Gasteiger partial charge in [0.2, 0.25) is 5.75 Å². The number of morpholine rings is 1. The van der Waals surface area contributed by atoms with E-state index < -0.39 is 0 Å². The second kappa shape index (κ2) is 12.2. The molecule has 1 N–H and O–H groups in total. The third-order valence-electron chi connectivity index (χ3n) is 5.03. The van der Waals surface area contributed by atoms with Gasteiger partial charge in [0.25, 0.3) is 5.91 Å². The number of carbonyl (C=O) groups is 2. The summed E-state index contributed by atoms with van der Waals surface area (Å²) >= 11 is 0. The Labute approximate surface area is 190 Å². The first-order chi connectivity index (χ1) is 15.3. The van der Waals surface area contributed by atoms with E-state index in [-0.39, 0.29) is 24.0 Å². The molecule has 9 heteroatoms. The fraction of sp³-hybridized carbons (Fsp3) is 0.565. The van der Waals surface area contributed by atoms with Gasteiger partial charge in [0.05, 0.1) is 40.6 Å². The lowest BCUT2D eigenvalue weighted by molar-refractivity contribution is -0.0286. The Morgan fingerprint density at radius 1 is 1.25 bits per heavy atom. The van der Waals surface area contributed by atoms with Crippen molar-refractivity contribution in [2.24, 2.45) is 5.92 Å². The topological polar surface area (TPSA) is 89.6 Å². The van der Waals surface area contributed by atoms with E-state index in [1.54, 1.807) is 28.0 Å². The van der Waals surface area contributed by atoms with Crippen molar-refractivity contribution in [1.82, 2.24) is 15.1 Å². The Balaban J connectivity index is 2.22. The van der Waals surface area contributed by atoms with E-state index in [1.807, 2.05) is 13.8 Å². The number of ether oxygens (including phenoxy) is 4. The number of methoxy groups -OCH3 is 3. The van der Waals surface area contributed by atoms with E-state index in [9.17, 15) is 9.59 Å². The van der Waals surface area contributed by atoms with Gasteiger partial charge in [-0.2, -0.15) is 0 Å². The van der Waals surface area contributed by atoms with Gasteiger partial charge in [-0.3, -0.25) is 4.79 Å². The fourth-order valence-electron chi connectivity index (χ4n) is 3.60. The number of rotatable bonds is 10. The highest BCUT2D eigenvalue weighted by Crippen LogP contribution is 2.38. The molecule has 32 heavy (non-hydrogen) atoms. The molecule has 0 spiro atoms. The lowest BCUT2D eigenvalue weighted by Crippen LogP contribution is -2.53. The molecule has 1 aliphatic rings. The highest BCUT2D eigenvalue weighted by Gasteiger charge is 2.29. The van der Waals surface area contributed by atoms with Gasteiger partial charge in [0, 0.05) is 31.7 Å². The fourth-order valence-corrected chi connectivity index (χ4v) is 3.60. The monoisotopic (exact) mass is 449 g/mol. The van der Waals surface area contributed by atoms with Crippen LogP contribution in [0, 0.1) is 5.92 Å². The summed E-state index contributed by atoms with van der Waals surface area (Å²) in [7, 11) is 4.54. The maximum atomic E-state index is 13.5. The molecule has 178 valence electrons. The molecule has 0 unspecified atom stereocenters. The van der Waals surface area contributed by atoms with Crippen LogP contribution in [0.5, 0.6) is 17.2 Å². The van der Waals surface area contributed by atoms with Gasteiger partial charge in [-0.25, -0.2) is 4.79 Å². The third-order valence-corrected chi connectivity index (χ3v) is 5.03. The molecule has 1 fully saturated rings. The SMILES string of the molecule is C=CCNC(=O)N1CCO[C@@H](CN(CC(C)C)C(=O)c2cc(OC)c(OC)c(OC)c2)C1. The molecule has 1 heterocycles. The van der Waals surface area contributed by atoms with Crippen molar-refractivity contribution in [3.63, 3.8) is 0 Å². The van der Waals surface area contributed by atoms with E-state index in [0.29, 0.717) is 62.1 Å². The molecule has 1 aliphatic heterocycles. The van der Waals surface area contributed by atoms with Crippen LogP contribution in [0.15, 0.2) is 24.8 Å². The molecule has 0 aromatic heterocycles. The van der Waals surface area contributed by atoms with Gasteiger partial charge in [-0.15, -0.1) is 6.58 Å². The Bertz CT molecular complexity index is 773. The van der Waals surface area contributed by atoms with Crippen LogP contribution in [-0.2, 0) is 4.74 Å². The van der Waals surface area contributed by atoms with Crippen LogP contribution >= 0.6 is 0 Å². The summed E-state index contributed by atoms with van der Waals surface area (Å²) in [6.07, 6.45) is 1.35. The molecular formula is C23H35N3O6. The number of carbonyl (C=O) groups excluding carboxylic acids is 2. The molecule has 1 saturated heterocycles. The summed E-state index contributed by atoms with van der Waals surface area (Å²) in [5, 5.41) is 2.79. The van der Waals surface area contributed by atoms with E-state index >= 15 is 0 Å². The maximum absolute atomic E-state index is 13.5. The molecule has 1 atom stereocenters. The second-order valence-electron chi connectivity index (χ2n) is 7.93. The summed E-state index contributed by atoms with van der Waals surface area (Å²) < 4.78 is 22.0. The first-order valence-corrected chi connectivity index (χ1v) is 10.7. The Morgan fingerprint density at radius 2 is 1.91 bits per heavy atom. The van der Waals surface area contributed by atoms with Crippen LogP contribution in [0.25, 0.3) is 0 Å². The van der Waals surface area contributed by atoms with Crippen molar-refractivity contribution in [3.8, 4) is 17.2 Å². The largest absolute Gasteiger partial charge is 0.493 e. The molecule has 3 amide bonds. The van der Waals surface area contributed by atoms with Crippen molar-refractivity contribution < 1.29 is 28.5 Å². The van der Waals surface area contributed by atoms with E-state index in [1.165, 1.54) is 21.3 Å². The van der Waals surface area contributed by atoms with Crippen LogP contribution in [0.2, 0.25) is 0 Å². The van der Waals surface area contributed by atoms with Crippen LogP contribution in [0.4, 0.5) is 4.79 Å². The van der Waals surface area contributed by atoms with Gasteiger partial charge < -0.3 is 34.1 Å². The van der Waals surface area contributed by atoms with Crippen LogP contribution < -0.4 is 19.5 Å². The zero-order valence-electron chi connectivity index (χ0n) is 19.7. The van der Waals surface area contributed by atoms with Crippen molar-refractivity contribution in [1.29, 1.82) is 0 Å². The number of amides is 3. The van der Waals surface area contributed by atoms with E-state index in [4.69, 9.17) is 18.9 Å². The summed E-state index contributed by atoms with van der Waals surface area (Å²) in [5.41, 5.74) is 0.427. The van der Waals surface area contributed by atoms with Crippen molar-refractivity contribution in [2.75, 3.05) is 60.7 Å². The number of hydrogen-bond acceptors (Lipinski definition) is 6. The van der Waals surface area contributed by atoms with Crippen molar-refractivity contribution in [3.05, 3.63) is 30.4 Å². The smallest absolute Gasteiger partial charge is 0.317 e. The predicted molar refractivity (Wildman–Crippen MR) is 122 cm³/mol. The first kappa shape index (κ1) is 25.3. The summed E-state index contributed by atoms with van der Waals surface area (Å²) in [6.45, 7) is 10.3. The Kier molecular flexibility index (Phi) is 9.64. The molecular weight excluding hydrogens is 414 g/mol. The summed E-state index contributed by atoms with van der Waals surface area (Å²) in [6, 6.07) is 3.13. The van der Waals surface area contributed by atoms with E-state index in [0.717, 1.165) is 0 Å². The molecule has 1 aromatic carbocycles. The van der Waals surface area contributed by atoms with E-state index in [2.05, 4.69) is 11.9 Å². The van der Waals surface area contributed by atoms with Crippen LogP contribution in [-0.4, -0.2) is 88.5 Å². The van der Waals surface area contributed by atoms with Gasteiger partial charge in [-0.05, 0) is 18.1 Å². The van der Waals surface area contributed by atoms with Gasteiger partial charge >= 0.3 is 6.03 Å². The highest BCUT2D eigenvalue weighted by molar-refractivity contribution is 5.95. The molecule has 1 aromatic rings. The number of nitrogens with one attached hydrogen (secondary N) is 1. The lowest BCUT2D eigenvalue weighted by atomic mass is 10.1. The molecule has 0 radical (unpaired) electrons. The normalized spacial score (nSPS) is 15.8. The Hall–Kier alpha value is -2.94. The van der Waals surface area contributed by atoms with Gasteiger partial charge in [0.15, 0.2) is 11.5 Å². The highest BCUT2D eigenvalue weighted by atomic mass is 16.5.